The Labute approximate surface area is 179 Å². The number of hydrogen-bond acceptors (Lipinski definition) is 5. The molecule has 0 aromatic heterocycles. The Bertz CT molecular complexity index is 1220. The SMILES string of the molecule is N#CCN1CC(N2C(=O)c3ccccc3C2=O)N=C(c2ccccc2)c2ccccc21. The Hall–Kier alpha value is -4.24. The third-order valence-electron chi connectivity index (χ3n) is 5.59. The maximum atomic E-state index is 13.2. The molecule has 0 bridgehead atoms. The van der Waals surface area contributed by atoms with E-state index in [2.05, 4.69) is 6.07 Å². The minimum absolute atomic E-state index is 0.119. The van der Waals surface area contributed by atoms with Crippen LogP contribution in [0, 0.1) is 11.3 Å². The number of anilines is 1. The predicted octanol–water partition coefficient (Wildman–Crippen LogP) is 3.49. The molecule has 6 nitrogen and oxygen atoms in total. The lowest BCUT2D eigenvalue weighted by atomic mass is 10.0. The summed E-state index contributed by atoms with van der Waals surface area (Å²) in [7, 11) is 0. The molecule has 2 amide bonds. The first-order valence-electron chi connectivity index (χ1n) is 10.0. The molecule has 3 aromatic carbocycles. The Balaban J connectivity index is 1.67. The van der Waals surface area contributed by atoms with E-state index in [1.165, 1.54) is 4.90 Å². The molecule has 0 spiro atoms. The van der Waals surface area contributed by atoms with Gasteiger partial charge >= 0.3 is 0 Å². The van der Waals surface area contributed by atoms with Gasteiger partial charge in [0.25, 0.3) is 11.8 Å². The molecule has 0 saturated carbocycles. The quantitative estimate of drug-likeness (QED) is 0.493. The molecular weight excluding hydrogens is 388 g/mol. The highest BCUT2D eigenvalue weighted by atomic mass is 16.2. The van der Waals surface area contributed by atoms with Crippen molar-refractivity contribution in [2.24, 2.45) is 4.99 Å². The topological polar surface area (TPSA) is 76.8 Å². The van der Waals surface area contributed by atoms with E-state index in [1.807, 2.05) is 59.5 Å². The number of nitriles is 1. The van der Waals surface area contributed by atoms with E-state index in [1.54, 1.807) is 24.3 Å². The standard InChI is InChI=1S/C25H18N4O2/c26-14-15-28-16-22(29-24(30)18-10-4-5-11-19(18)25(29)31)27-23(17-8-2-1-3-9-17)20-12-6-7-13-21(20)28/h1-13,22H,15-16H2. The zero-order valence-corrected chi connectivity index (χ0v) is 16.6. The lowest BCUT2D eigenvalue weighted by molar-refractivity contribution is 0.0595. The van der Waals surface area contributed by atoms with Crippen LogP contribution >= 0.6 is 0 Å². The zero-order valence-electron chi connectivity index (χ0n) is 16.6. The number of carbonyl (C=O) groups is 2. The largest absolute Gasteiger partial charge is 0.354 e. The van der Waals surface area contributed by atoms with Crippen molar-refractivity contribution in [2.75, 3.05) is 18.0 Å². The van der Waals surface area contributed by atoms with Gasteiger partial charge in [0.2, 0.25) is 0 Å². The molecule has 3 aromatic rings. The third-order valence-corrected chi connectivity index (χ3v) is 5.59. The summed E-state index contributed by atoms with van der Waals surface area (Å²) < 4.78 is 0. The van der Waals surface area contributed by atoms with Crippen LogP contribution < -0.4 is 4.90 Å². The van der Waals surface area contributed by atoms with Crippen LogP contribution in [0.5, 0.6) is 0 Å². The minimum Gasteiger partial charge on any atom is -0.354 e. The highest BCUT2D eigenvalue weighted by Crippen LogP contribution is 2.31. The molecule has 2 heterocycles. The number of imide groups is 1. The molecule has 0 aliphatic carbocycles. The van der Waals surface area contributed by atoms with Gasteiger partial charge in [-0.25, -0.2) is 4.90 Å². The van der Waals surface area contributed by atoms with Gasteiger partial charge in [0.05, 0.1) is 29.5 Å². The predicted molar refractivity (Wildman–Crippen MR) is 117 cm³/mol. The summed E-state index contributed by atoms with van der Waals surface area (Å²) in [5, 5.41) is 9.44. The van der Waals surface area contributed by atoms with E-state index in [0.29, 0.717) is 16.8 Å². The molecule has 150 valence electrons. The van der Waals surface area contributed by atoms with E-state index in [0.717, 1.165) is 16.8 Å². The van der Waals surface area contributed by atoms with Crippen LogP contribution in [0.25, 0.3) is 0 Å². The maximum absolute atomic E-state index is 13.2. The summed E-state index contributed by atoms with van der Waals surface area (Å²) >= 11 is 0. The number of fused-ring (bicyclic) bond motifs is 2. The number of para-hydroxylation sites is 1. The number of nitrogens with zero attached hydrogens (tertiary/aromatic N) is 4. The van der Waals surface area contributed by atoms with E-state index >= 15 is 0 Å². The number of carbonyl (C=O) groups excluding carboxylic acids is 2. The fraction of sp³-hybridized carbons (Fsp3) is 0.120. The summed E-state index contributed by atoms with van der Waals surface area (Å²) in [6, 6.07) is 26.4. The molecule has 1 unspecified atom stereocenters. The first kappa shape index (κ1) is 18.8. The number of rotatable bonds is 3. The van der Waals surface area contributed by atoms with Gasteiger partial charge in [0.1, 0.15) is 12.7 Å². The summed E-state index contributed by atoms with van der Waals surface area (Å²) in [4.78, 5) is 34.3. The zero-order chi connectivity index (χ0) is 21.4. The number of benzodiazepines with no additional fused rings is 1. The second-order valence-electron chi connectivity index (χ2n) is 7.41. The third kappa shape index (κ3) is 3.08. The first-order valence-corrected chi connectivity index (χ1v) is 10.0. The van der Waals surface area contributed by atoms with Crippen molar-refractivity contribution in [3.8, 4) is 6.07 Å². The Morgan fingerprint density at radius 3 is 2.06 bits per heavy atom. The molecule has 5 rings (SSSR count). The molecule has 0 fully saturated rings. The van der Waals surface area contributed by atoms with Gasteiger partial charge in [-0.2, -0.15) is 5.26 Å². The molecule has 2 aliphatic rings. The lowest BCUT2D eigenvalue weighted by Gasteiger charge is -2.28. The molecule has 6 heteroatoms. The van der Waals surface area contributed by atoms with Gasteiger partial charge in [0.15, 0.2) is 0 Å². The van der Waals surface area contributed by atoms with Gasteiger partial charge in [-0.05, 0) is 18.2 Å². The fourth-order valence-electron chi connectivity index (χ4n) is 4.18. The number of amides is 2. The summed E-state index contributed by atoms with van der Waals surface area (Å²) in [6.07, 6.45) is -0.761. The van der Waals surface area contributed by atoms with Gasteiger partial charge < -0.3 is 4.90 Å². The molecule has 0 saturated heterocycles. The van der Waals surface area contributed by atoms with Crippen LogP contribution in [0.1, 0.15) is 31.8 Å². The molecule has 1 atom stereocenters. The van der Waals surface area contributed by atoms with Crippen LogP contribution in [-0.4, -0.2) is 41.7 Å². The number of hydrogen-bond donors (Lipinski definition) is 0. The molecule has 31 heavy (non-hydrogen) atoms. The van der Waals surface area contributed by atoms with Gasteiger partial charge in [-0.3, -0.25) is 14.6 Å². The van der Waals surface area contributed by atoms with Crippen LogP contribution in [0.15, 0.2) is 83.9 Å². The minimum atomic E-state index is -0.761. The summed E-state index contributed by atoms with van der Waals surface area (Å²) in [6.45, 7) is 0.362. The number of benzene rings is 3. The molecule has 2 aliphatic heterocycles. The van der Waals surface area contributed by atoms with Crippen molar-refractivity contribution in [3.63, 3.8) is 0 Å². The van der Waals surface area contributed by atoms with Crippen molar-refractivity contribution < 1.29 is 9.59 Å². The maximum Gasteiger partial charge on any atom is 0.263 e. The van der Waals surface area contributed by atoms with Crippen LogP contribution in [0.4, 0.5) is 5.69 Å². The van der Waals surface area contributed by atoms with Crippen LogP contribution in [-0.2, 0) is 0 Å². The average molecular weight is 406 g/mol. The van der Waals surface area contributed by atoms with Crippen molar-refractivity contribution in [3.05, 3.63) is 101 Å². The summed E-state index contributed by atoms with van der Waals surface area (Å²) in [5.74, 6) is -0.714. The monoisotopic (exact) mass is 406 g/mol. The Morgan fingerprint density at radius 1 is 0.839 bits per heavy atom. The second kappa shape index (κ2) is 7.54. The van der Waals surface area contributed by atoms with Crippen molar-refractivity contribution in [1.82, 2.24) is 4.90 Å². The normalized spacial score (nSPS) is 17.5. The summed E-state index contributed by atoms with van der Waals surface area (Å²) in [5.41, 5.74) is 4.07. The van der Waals surface area contributed by atoms with Crippen LogP contribution in [0.3, 0.4) is 0 Å². The average Bonchev–Trinajstić information content (AvgIpc) is 2.96. The number of aliphatic imine (C=N–C) groups is 1. The molecular formula is C25H18N4O2. The smallest absolute Gasteiger partial charge is 0.263 e. The van der Waals surface area contributed by atoms with E-state index in [-0.39, 0.29) is 24.9 Å². The molecule has 0 radical (unpaired) electrons. The van der Waals surface area contributed by atoms with Crippen molar-refractivity contribution in [1.29, 1.82) is 5.26 Å². The van der Waals surface area contributed by atoms with E-state index < -0.39 is 6.17 Å². The lowest BCUT2D eigenvalue weighted by Crippen LogP contribution is -2.45. The Kier molecular flexibility index (Phi) is 4.57. The van der Waals surface area contributed by atoms with Gasteiger partial charge in [-0.15, -0.1) is 0 Å². The Morgan fingerprint density at radius 2 is 1.42 bits per heavy atom. The highest BCUT2D eigenvalue weighted by Gasteiger charge is 2.41. The van der Waals surface area contributed by atoms with Crippen LogP contribution in [0.2, 0.25) is 0 Å². The second-order valence-corrected chi connectivity index (χ2v) is 7.41. The van der Waals surface area contributed by atoms with Gasteiger partial charge in [-0.1, -0.05) is 60.7 Å². The highest BCUT2D eigenvalue weighted by molar-refractivity contribution is 6.22. The van der Waals surface area contributed by atoms with Gasteiger partial charge in [0, 0.05) is 16.8 Å². The molecule has 0 N–H and O–H groups in total. The first-order chi connectivity index (χ1) is 15.2. The van der Waals surface area contributed by atoms with Crippen molar-refractivity contribution >= 4 is 23.2 Å². The van der Waals surface area contributed by atoms with Crippen molar-refractivity contribution in [2.45, 2.75) is 6.17 Å². The fourth-order valence-corrected chi connectivity index (χ4v) is 4.18. The van der Waals surface area contributed by atoms with E-state index in [9.17, 15) is 14.9 Å². The van der Waals surface area contributed by atoms with E-state index in [4.69, 9.17) is 4.99 Å².